The van der Waals surface area contributed by atoms with Crippen LogP contribution >= 0.6 is 0 Å². The Kier molecular flexibility index (Phi) is 27.9. The summed E-state index contributed by atoms with van der Waals surface area (Å²) in [6.45, 7) is 10.3. The first-order chi connectivity index (χ1) is 18.1. The summed E-state index contributed by atoms with van der Waals surface area (Å²) in [7, 11) is 2.14. The lowest BCUT2D eigenvalue weighted by atomic mass is 10.0. The van der Waals surface area contributed by atoms with Gasteiger partial charge in [0.1, 0.15) is 6.54 Å². The zero-order valence-corrected chi connectivity index (χ0v) is 26.1. The smallest absolute Gasteiger partial charge is 0.260 e. The van der Waals surface area contributed by atoms with E-state index < -0.39 is 0 Å². The summed E-state index contributed by atoms with van der Waals surface area (Å²) in [5.41, 5.74) is 0. The van der Waals surface area contributed by atoms with Crippen molar-refractivity contribution in [2.24, 2.45) is 0 Å². The third kappa shape index (κ3) is 24.2. The zero-order chi connectivity index (χ0) is 27.3. The van der Waals surface area contributed by atoms with Gasteiger partial charge in [-0.3, -0.25) is 4.48 Å². The van der Waals surface area contributed by atoms with E-state index in [1.165, 1.54) is 161 Å². The van der Waals surface area contributed by atoms with Crippen LogP contribution in [0.15, 0.2) is 12.7 Å². The molecule has 1 atom stereocenters. The van der Waals surface area contributed by atoms with Crippen LogP contribution in [0, 0.1) is 0 Å². The quantitative estimate of drug-likeness (QED) is 0.0522. The maximum Gasteiger partial charge on any atom is 0.313 e. The number of quaternary nitrogens is 1. The normalized spacial score (nSPS) is 13.1. The Morgan fingerprint density at radius 3 is 1.14 bits per heavy atom. The molecule has 0 aromatic rings. The highest BCUT2D eigenvalue weighted by Gasteiger charge is 2.28. The summed E-state index contributed by atoms with van der Waals surface area (Å²) in [4.78, 5) is 13.0. The minimum absolute atomic E-state index is 0.432. The average Bonchev–Trinajstić information content (AvgIpc) is 2.89. The second-order valence-corrected chi connectivity index (χ2v) is 12.2. The molecule has 37 heavy (non-hydrogen) atoms. The van der Waals surface area contributed by atoms with Crippen LogP contribution in [-0.2, 0) is 4.79 Å². The molecule has 0 saturated heterocycles. The van der Waals surface area contributed by atoms with Crippen LogP contribution in [0.1, 0.15) is 187 Å². The molecule has 1 unspecified atom stereocenters. The molecule has 0 spiro atoms. The van der Waals surface area contributed by atoms with Crippen LogP contribution in [0.4, 0.5) is 0 Å². The Morgan fingerprint density at radius 1 is 0.514 bits per heavy atom. The molecule has 2 heteroatoms. The summed E-state index contributed by atoms with van der Waals surface area (Å²) >= 11 is 0. The first-order valence-corrected chi connectivity index (χ1v) is 17.1. The minimum atomic E-state index is 0.432. The predicted molar refractivity (Wildman–Crippen MR) is 167 cm³/mol. The molecule has 0 aliphatic heterocycles. The number of hydrogen-bond acceptors (Lipinski definition) is 1. The maximum atomic E-state index is 13.0. The van der Waals surface area contributed by atoms with E-state index in [9.17, 15) is 4.79 Å². The molecule has 0 N–H and O–H groups in total. The fraction of sp³-hybridized carbons (Fsp3) is 0.914. The Hall–Kier alpha value is -0.630. The molecule has 0 bridgehead atoms. The van der Waals surface area contributed by atoms with E-state index in [1.54, 1.807) is 0 Å². The minimum Gasteiger partial charge on any atom is -0.260 e. The van der Waals surface area contributed by atoms with Gasteiger partial charge in [-0.2, -0.15) is 0 Å². The van der Waals surface area contributed by atoms with Crippen molar-refractivity contribution >= 4 is 5.91 Å². The molecule has 2 nitrogen and oxygen atoms in total. The number of likely N-dealkylation sites (N-methyl/N-ethyl adjacent to an activating group) is 1. The summed E-state index contributed by atoms with van der Waals surface area (Å²) < 4.78 is 0.569. The van der Waals surface area contributed by atoms with Gasteiger partial charge in [-0.15, -0.1) is 0 Å². The van der Waals surface area contributed by atoms with E-state index in [4.69, 9.17) is 0 Å². The van der Waals surface area contributed by atoms with E-state index in [-0.39, 0.29) is 0 Å². The van der Waals surface area contributed by atoms with Gasteiger partial charge in [-0.25, -0.2) is 4.79 Å². The number of unbranched alkanes of at least 4 members (excludes halogenated alkanes) is 24. The first-order valence-electron chi connectivity index (χ1n) is 17.1. The molecule has 0 aliphatic carbocycles. The molecular weight excluding hydrogens is 450 g/mol. The highest BCUT2D eigenvalue weighted by atomic mass is 16.2. The van der Waals surface area contributed by atoms with Crippen molar-refractivity contribution in [3.05, 3.63) is 12.7 Å². The molecule has 0 saturated carbocycles. The van der Waals surface area contributed by atoms with Gasteiger partial charge < -0.3 is 0 Å². The first kappa shape index (κ1) is 36.4. The molecule has 0 aromatic heterocycles. The second-order valence-electron chi connectivity index (χ2n) is 12.2. The Labute approximate surface area is 235 Å². The van der Waals surface area contributed by atoms with Gasteiger partial charge in [0.25, 0.3) is 0 Å². The summed E-state index contributed by atoms with van der Waals surface area (Å²) in [5, 5.41) is 0. The van der Waals surface area contributed by atoms with Gasteiger partial charge in [0, 0.05) is 0 Å². The molecule has 220 valence electrons. The van der Waals surface area contributed by atoms with Crippen molar-refractivity contribution in [1.82, 2.24) is 0 Å². The number of amides is 1. The molecule has 0 radical (unpaired) electrons. The van der Waals surface area contributed by atoms with Gasteiger partial charge in [0.15, 0.2) is 0 Å². The van der Waals surface area contributed by atoms with Gasteiger partial charge in [0.05, 0.1) is 20.0 Å². The van der Waals surface area contributed by atoms with Crippen molar-refractivity contribution in [2.45, 2.75) is 187 Å². The van der Waals surface area contributed by atoms with E-state index >= 15 is 0 Å². The third-order valence-electron chi connectivity index (χ3n) is 8.38. The van der Waals surface area contributed by atoms with Crippen LogP contribution in [0.3, 0.4) is 0 Å². The Morgan fingerprint density at radius 2 is 0.811 bits per heavy atom. The van der Waals surface area contributed by atoms with E-state index in [2.05, 4.69) is 27.5 Å². The molecule has 0 rings (SSSR count). The van der Waals surface area contributed by atoms with E-state index in [1.807, 2.05) is 6.08 Å². The van der Waals surface area contributed by atoms with Crippen molar-refractivity contribution in [1.29, 1.82) is 0 Å². The number of nitrogens with zero attached hydrogens (tertiary/aromatic N) is 1. The molecule has 0 aliphatic rings. The number of carbonyl (C=O) groups is 1. The summed E-state index contributed by atoms with van der Waals surface area (Å²) in [6.07, 6.45) is 38.2. The largest absolute Gasteiger partial charge is 0.313 e. The SMILES string of the molecule is C=CC[N+](C)(CCCCCCCCCCCCC)C(=O)CCCCCCCCCCCCCCCCC. The third-order valence-corrected chi connectivity index (χ3v) is 8.38. The predicted octanol–water partition coefficient (Wildman–Crippen LogP) is 11.7. The molecule has 0 heterocycles. The van der Waals surface area contributed by atoms with Gasteiger partial charge >= 0.3 is 5.91 Å². The maximum absolute atomic E-state index is 13.0. The van der Waals surface area contributed by atoms with E-state index in [0.29, 0.717) is 10.4 Å². The fourth-order valence-electron chi connectivity index (χ4n) is 5.65. The Balaban J connectivity index is 3.69. The molecule has 0 fully saturated rings. The van der Waals surface area contributed by atoms with Crippen LogP contribution in [0.2, 0.25) is 0 Å². The van der Waals surface area contributed by atoms with Crippen molar-refractivity contribution in [3.63, 3.8) is 0 Å². The summed E-state index contributed by atoms with van der Waals surface area (Å²) in [6, 6.07) is 0. The van der Waals surface area contributed by atoms with Gasteiger partial charge in [-0.1, -0.05) is 168 Å². The van der Waals surface area contributed by atoms with Crippen LogP contribution in [-0.4, -0.2) is 30.5 Å². The van der Waals surface area contributed by atoms with Crippen molar-refractivity contribution < 1.29 is 9.28 Å². The standard InChI is InChI=1S/C35H70NO/c1-5-8-10-12-14-16-18-19-20-21-22-24-26-28-30-32-35(37)36(4,33-7-3)34-31-29-27-25-23-17-15-13-11-9-6-2/h7H,3,5-6,8-34H2,1-2,4H3/q+1. The fourth-order valence-corrected chi connectivity index (χ4v) is 5.65. The highest BCUT2D eigenvalue weighted by molar-refractivity contribution is 5.68. The topological polar surface area (TPSA) is 17.1 Å². The van der Waals surface area contributed by atoms with Gasteiger partial charge in [-0.05, 0) is 25.3 Å². The highest BCUT2D eigenvalue weighted by Crippen LogP contribution is 2.17. The summed E-state index contributed by atoms with van der Waals surface area (Å²) in [5.74, 6) is 0.432. The molecule has 0 aromatic carbocycles. The van der Waals surface area contributed by atoms with Gasteiger partial charge in [0.2, 0.25) is 0 Å². The van der Waals surface area contributed by atoms with Crippen LogP contribution in [0.25, 0.3) is 0 Å². The molecular formula is C35H70NO+. The van der Waals surface area contributed by atoms with Crippen molar-refractivity contribution in [3.8, 4) is 0 Å². The Bertz CT molecular complexity index is 488. The lowest BCUT2D eigenvalue weighted by molar-refractivity contribution is -0.829. The second kappa shape index (κ2) is 28.4. The lowest BCUT2D eigenvalue weighted by Gasteiger charge is -2.31. The number of carbonyl (C=O) groups excluding carboxylic acids is 1. The number of rotatable bonds is 30. The molecule has 1 amide bonds. The monoisotopic (exact) mass is 521 g/mol. The van der Waals surface area contributed by atoms with E-state index in [0.717, 1.165) is 25.9 Å². The van der Waals surface area contributed by atoms with Crippen LogP contribution in [0.5, 0.6) is 0 Å². The van der Waals surface area contributed by atoms with Crippen molar-refractivity contribution in [2.75, 3.05) is 20.1 Å². The number of hydrogen-bond donors (Lipinski definition) is 0. The van der Waals surface area contributed by atoms with Crippen LogP contribution < -0.4 is 0 Å². The average molecular weight is 521 g/mol. The zero-order valence-electron chi connectivity index (χ0n) is 26.1. The lowest BCUT2D eigenvalue weighted by Crippen LogP contribution is -2.50.